The maximum absolute atomic E-state index is 11.0. The van der Waals surface area contributed by atoms with Gasteiger partial charge in [-0.05, 0) is 32.0 Å². The van der Waals surface area contributed by atoms with E-state index in [4.69, 9.17) is 9.47 Å². The summed E-state index contributed by atoms with van der Waals surface area (Å²) in [5, 5.41) is 0. The van der Waals surface area contributed by atoms with Crippen LogP contribution in [-0.2, 0) is 14.9 Å². The summed E-state index contributed by atoms with van der Waals surface area (Å²) in [6.45, 7) is 5.39. The number of carbonyl (C=O) groups is 1. The third-order valence-electron chi connectivity index (χ3n) is 2.73. The SMILES string of the molecule is CC(=O)OC1Oc2ccc(Br)cc2C1(C)C. The topological polar surface area (TPSA) is 35.5 Å². The van der Waals surface area contributed by atoms with Crippen molar-refractivity contribution in [2.45, 2.75) is 32.5 Å². The molecule has 0 bridgehead atoms. The molecule has 1 atom stereocenters. The zero-order valence-corrected chi connectivity index (χ0v) is 11.0. The molecule has 1 unspecified atom stereocenters. The van der Waals surface area contributed by atoms with Crippen LogP contribution in [0.5, 0.6) is 5.75 Å². The second-order valence-corrected chi connectivity index (χ2v) is 5.34. The van der Waals surface area contributed by atoms with Crippen LogP contribution in [0.4, 0.5) is 0 Å². The van der Waals surface area contributed by atoms with Gasteiger partial charge in [-0.3, -0.25) is 4.79 Å². The lowest BCUT2D eigenvalue weighted by Crippen LogP contribution is -2.36. The van der Waals surface area contributed by atoms with Crippen molar-refractivity contribution in [2.24, 2.45) is 0 Å². The maximum Gasteiger partial charge on any atom is 0.305 e. The number of rotatable bonds is 1. The molecule has 1 aliphatic heterocycles. The first kappa shape index (κ1) is 11.5. The molecule has 3 nitrogen and oxygen atoms in total. The predicted octanol–water partition coefficient (Wildman–Crippen LogP) is 3.01. The van der Waals surface area contributed by atoms with Crippen molar-refractivity contribution in [3.8, 4) is 5.75 Å². The van der Waals surface area contributed by atoms with Gasteiger partial charge in [-0.15, -0.1) is 0 Å². The molecule has 4 heteroatoms. The summed E-state index contributed by atoms with van der Waals surface area (Å²) in [7, 11) is 0. The van der Waals surface area contributed by atoms with Crippen molar-refractivity contribution in [3.05, 3.63) is 28.2 Å². The molecule has 0 aliphatic carbocycles. The van der Waals surface area contributed by atoms with Gasteiger partial charge in [0.15, 0.2) is 0 Å². The highest BCUT2D eigenvalue weighted by molar-refractivity contribution is 9.10. The van der Waals surface area contributed by atoms with Crippen LogP contribution in [0.15, 0.2) is 22.7 Å². The Labute approximate surface area is 103 Å². The molecule has 0 saturated carbocycles. The summed E-state index contributed by atoms with van der Waals surface area (Å²) in [5.74, 6) is 0.449. The molecule has 1 heterocycles. The minimum atomic E-state index is -0.547. The Morgan fingerprint density at radius 3 is 2.81 bits per heavy atom. The number of fused-ring (bicyclic) bond motifs is 1. The van der Waals surface area contributed by atoms with Gasteiger partial charge in [0.2, 0.25) is 0 Å². The van der Waals surface area contributed by atoms with Crippen LogP contribution >= 0.6 is 15.9 Å². The zero-order valence-electron chi connectivity index (χ0n) is 9.41. The summed E-state index contributed by atoms with van der Waals surface area (Å²) in [6.07, 6.45) is -0.547. The van der Waals surface area contributed by atoms with Crippen molar-refractivity contribution >= 4 is 21.9 Å². The molecule has 86 valence electrons. The van der Waals surface area contributed by atoms with Gasteiger partial charge >= 0.3 is 5.97 Å². The quantitative estimate of drug-likeness (QED) is 0.744. The molecule has 1 aromatic rings. The number of ether oxygens (including phenoxy) is 2. The lowest BCUT2D eigenvalue weighted by atomic mass is 9.85. The average molecular weight is 285 g/mol. The van der Waals surface area contributed by atoms with Gasteiger partial charge in [-0.2, -0.15) is 0 Å². The van der Waals surface area contributed by atoms with E-state index >= 15 is 0 Å². The first-order valence-corrected chi connectivity index (χ1v) is 5.84. The van der Waals surface area contributed by atoms with Crippen molar-refractivity contribution in [1.29, 1.82) is 0 Å². The van der Waals surface area contributed by atoms with Crippen LogP contribution in [0.2, 0.25) is 0 Å². The number of carbonyl (C=O) groups excluding carboxylic acids is 1. The number of hydrogen-bond donors (Lipinski definition) is 0. The van der Waals surface area contributed by atoms with Crippen molar-refractivity contribution < 1.29 is 14.3 Å². The lowest BCUT2D eigenvalue weighted by Gasteiger charge is -2.24. The normalized spacial score (nSPS) is 21.1. The van der Waals surface area contributed by atoms with Crippen molar-refractivity contribution in [3.63, 3.8) is 0 Å². The fourth-order valence-corrected chi connectivity index (χ4v) is 2.18. The Balaban J connectivity index is 2.38. The molecule has 0 aromatic heterocycles. The number of hydrogen-bond acceptors (Lipinski definition) is 3. The van der Waals surface area contributed by atoms with E-state index < -0.39 is 6.29 Å². The summed E-state index contributed by atoms with van der Waals surface area (Å²) in [6, 6.07) is 5.79. The lowest BCUT2D eigenvalue weighted by molar-refractivity contribution is -0.165. The zero-order chi connectivity index (χ0) is 11.9. The van der Waals surface area contributed by atoms with Crippen LogP contribution in [0.25, 0.3) is 0 Å². The van der Waals surface area contributed by atoms with Crippen LogP contribution in [0, 0.1) is 0 Å². The van der Waals surface area contributed by atoms with E-state index in [1.807, 2.05) is 32.0 Å². The highest BCUT2D eigenvalue weighted by atomic mass is 79.9. The van der Waals surface area contributed by atoms with Crippen LogP contribution in [-0.4, -0.2) is 12.3 Å². The smallest absolute Gasteiger partial charge is 0.305 e. The Bertz CT molecular complexity index is 440. The number of benzene rings is 1. The van der Waals surface area contributed by atoms with Gasteiger partial charge in [-0.1, -0.05) is 15.9 Å². The third kappa shape index (κ3) is 1.82. The van der Waals surface area contributed by atoms with E-state index in [9.17, 15) is 4.79 Å². The molecule has 0 N–H and O–H groups in total. The van der Waals surface area contributed by atoms with E-state index in [1.165, 1.54) is 6.92 Å². The van der Waals surface area contributed by atoms with Gasteiger partial charge in [0.05, 0.1) is 5.41 Å². The standard InChI is InChI=1S/C12H13BrO3/c1-7(14)15-11-12(2,3)9-6-8(13)4-5-10(9)16-11/h4-6,11H,1-3H3. The minimum Gasteiger partial charge on any atom is -0.454 e. The molecule has 0 fully saturated rings. The summed E-state index contributed by atoms with van der Waals surface area (Å²) >= 11 is 3.42. The first-order chi connectivity index (χ1) is 7.41. The van der Waals surface area contributed by atoms with Gasteiger partial charge in [0, 0.05) is 17.0 Å². The maximum atomic E-state index is 11.0. The molecular formula is C12H13BrO3. The molecule has 0 saturated heterocycles. The largest absolute Gasteiger partial charge is 0.454 e. The molecule has 0 radical (unpaired) electrons. The third-order valence-corrected chi connectivity index (χ3v) is 3.23. The second kappa shape index (κ2) is 3.77. The van der Waals surface area contributed by atoms with Crippen LogP contribution in [0.3, 0.4) is 0 Å². The number of esters is 1. The monoisotopic (exact) mass is 284 g/mol. The Kier molecular flexibility index (Phi) is 2.70. The highest BCUT2D eigenvalue weighted by Gasteiger charge is 2.44. The van der Waals surface area contributed by atoms with E-state index in [0.29, 0.717) is 0 Å². The predicted molar refractivity (Wildman–Crippen MR) is 63.4 cm³/mol. The highest BCUT2D eigenvalue weighted by Crippen LogP contribution is 2.44. The van der Waals surface area contributed by atoms with Gasteiger partial charge < -0.3 is 9.47 Å². The van der Waals surface area contributed by atoms with E-state index in [1.54, 1.807) is 0 Å². The van der Waals surface area contributed by atoms with E-state index in [-0.39, 0.29) is 11.4 Å². The Hall–Kier alpha value is -1.03. The van der Waals surface area contributed by atoms with Crippen LogP contribution < -0.4 is 4.74 Å². The molecule has 1 aromatic carbocycles. The molecule has 1 aliphatic rings. The minimum absolute atomic E-state index is 0.329. The molecular weight excluding hydrogens is 272 g/mol. The second-order valence-electron chi connectivity index (χ2n) is 4.42. The molecule has 0 spiro atoms. The summed E-state index contributed by atoms with van der Waals surface area (Å²) in [5.41, 5.74) is 0.721. The fourth-order valence-electron chi connectivity index (χ4n) is 1.82. The first-order valence-electron chi connectivity index (χ1n) is 5.05. The van der Waals surface area contributed by atoms with Gasteiger partial charge in [0.1, 0.15) is 5.75 Å². The van der Waals surface area contributed by atoms with E-state index in [0.717, 1.165) is 15.8 Å². The molecule has 0 amide bonds. The summed E-state index contributed by atoms with van der Waals surface area (Å²) < 4.78 is 11.8. The van der Waals surface area contributed by atoms with Gasteiger partial charge in [0.25, 0.3) is 6.29 Å². The van der Waals surface area contributed by atoms with Crippen LogP contribution in [0.1, 0.15) is 26.3 Å². The average Bonchev–Trinajstić information content (AvgIpc) is 2.40. The van der Waals surface area contributed by atoms with E-state index in [2.05, 4.69) is 15.9 Å². The molecule has 2 rings (SSSR count). The number of halogens is 1. The Morgan fingerprint density at radius 1 is 1.50 bits per heavy atom. The Morgan fingerprint density at radius 2 is 2.19 bits per heavy atom. The van der Waals surface area contributed by atoms with Gasteiger partial charge in [-0.25, -0.2) is 0 Å². The van der Waals surface area contributed by atoms with Crippen molar-refractivity contribution in [1.82, 2.24) is 0 Å². The van der Waals surface area contributed by atoms with Crippen molar-refractivity contribution in [2.75, 3.05) is 0 Å². The molecule has 16 heavy (non-hydrogen) atoms. The summed E-state index contributed by atoms with van der Waals surface area (Å²) in [4.78, 5) is 11.0. The fraction of sp³-hybridized carbons (Fsp3) is 0.417.